The van der Waals surface area contributed by atoms with E-state index in [-0.39, 0.29) is 28.3 Å². The van der Waals surface area contributed by atoms with Crippen LogP contribution in [0.15, 0.2) is 30.3 Å². The molecule has 2 amide bonds. The Kier molecular flexibility index (Phi) is 6.22. The lowest BCUT2D eigenvalue weighted by molar-refractivity contribution is -0.384. The van der Waals surface area contributed by atoms with Gasteiger partial charge in [-0.25, -0.2) is 0 Å². The zero-order chi connectivity index (χ0) is 22.0. The van der Waals surface area contributed by atoms with E-state index in [2.05, 4.69) is 17.8 Å². The molecule has 9 heteroatoms. The molecular weight excluding hydrogens is 416 g/mol. The molecule has 1 saturated heterocycles. The van der Waals surface area contributed by atoms with Gasteiger partial charge in [-0.1, -0.05) is 19.1 Å². The van der Waals surface area contributed by atoms with E-state index < -0.39 is 0 Å². The minimum Gasteiger partial charge on any atom is -0.366 e. The first kappa shape index (κ1) is 21.3. The number of carbonyl (C=O) groups is 2. The Morgan fingerprint density at radius 1 is 1.16 bits per heavy atom. The summed E-state index contributed by atoms with van der Waals surface area (Å²) in [5.74, 6) is -0.0964. The van der Waals surface area contributed by atoms with Gasteiger partial charge in [0.25, 0.3) is 11.6 Å². The fourth-order valence-electron chi connectivity index (χ4n) is 4.37. The molecule has 0 bridgehead atoms. The molecule has 1 aromatic carbocycles. The lowest BCUT2D eigenvalue weighted by Gasteiger charge is -2.32. The minimum absolute atomic E-state index is 0.0747. The first-order valence-corrected chi connectivity index (χ1v) is 11.4. The number of anilines is 1. The molecule has 0 spiro atoms. The van der Waals surface area contributed by atoms with Crippen molar-refractivity contribution in [1.82, 2.24) is 10.9 Å². The molecule has 1 fully saturated rings. The van der Waals surface area contributed by atoms with Crippen LogP contribution in [0, 0.1) is 22.0 Å². The van der Waals surface area contributed by atoms with E-state index in [1.165, 1.54) is 27.8 Å². The number of nitrogens with zero attached hydrogens (tertiary/aromatic N) is 2. The van der Waals surface area contributed by atoms with Crippen molar-refractivity contribution in [1.29, 1.82) is 0 Å². The SMILES string of the molecule is CC1CCc2sc(C(=O)NNC(=O)C3CCN(c4ccccc4[N+](=O)[O-])CC3)cc2C1. The third-order valence-electron chi connectivity index (χ3n) is 6.14. The van der Waals surface area contributed by atoms with Crippen molar-refractivity contribution in [2.24, 2.45) is 11.8 Å². The molecule has 8 nitrogen and oxygen atoms in total. The average Bonchev–Trinajstić information content (AvgIpc) is 3.20. The van der Waals surface area contributed by atoms with Crippen molar-refractivity contribution < 1.29 is 14.5 Å². The Hall–Kier alpha value is -2.94. The molecular formula is C22H26N4O4S. The molecule has 31 heavy (non-hydrogen) atoms. The number of rotatable bonds is 4. The molecule has 0 saturated carbocycles. The van der Waals surface area contributed by atoms with E-state index >= 15 is 0 Å². The van der Waals surface area contributed by atoms with Gasteiger partial charge in [0.15, 0.2) is 0 Å². The Labute approximate surface area is 184 Å². The number of benzene rings is 1. The molecule has 2 heterocycles. The highest BCUT2D eigenvalue weighted by Gasteiger charge is 2.28. The van der Waals surface area contributed by atoms with Crippen LogP contribution in [0.25, 0.3) is 0 Å². The maximum atomic E-state index is 12.5. The summed E-state index contributed by atoms with van der Waals surface area (Å²) in [6.45, 7) is 3.32. The van der Waals surface area contributed by atoms with E-state index in [9.17, 15) is 19.7 Å². The first-order valence-electron chi connectivity index (χ1n) is 10.6. The molecule has 2 N–H and O–H groups in total. The topological polar surface area (TPSA) is 105 Å². The minimum atomic E-state index is -0.382. The molecule has 4 rings (SSSR count). The van der Waals surface area contributed by atoms with Crippen molar-refractivity contribution in [2.45, 2.75) is 39.0 Å². The maximum absolute atomic E-state index is 12.5. The molecule has 1 aliphatic heterocycles. The van der Waals surface area contributed by atoms with Crippen LogP contribution < -0.4 is 15.8 Å². The highest BCUT2D eigenvalue weighted by atomic mass is 32.1. The number of nitro benzene ring substituents is 1. The molecule has 0 radical (unpaired) electrons. The zero-order valence-electron chi connectivity index (χ0n) is 17.4. The van der Waals surface area contributed by atoms with E-state index in [1.54, 1.807) is 18.2 Å². The van der Waals surface area contributed by atoms with E-state index in [1.807, 2.05) is 11.0 Å². The molecule has 164 valence electrons. The van der Waals surface area contributed by atoms with Crippen LogP contribution in [0.5, 0.6) is 0 Å². The van der Waals surface area contributed by atoms with Gasteiger partial charge in [0.2, 0.25) is 5.91 Å². The summed E-state index contributed by atoms with van der Waals surface area (Å²) < 4.78 is 0. The van der Waals surface area contributed by atoms with Crippen LogP contribution in [-0.2, 0) is 17.6 Å². The standard InChI is InChI=1S/C22H26N4O4S/c1-14-6-7-19-16(12-14)13-20(31-19)22(28)24-23-21(27)15-8-10-25(11-9-15)17-4-2-3-5-18(17)26(29)30/h2-5,13-15H,6-12H2,1H3,(H,23,27)(H,24,28). The fraction of sp³-hybridized carbons (Fsp3) is 0.455. The highest BCUT2D eigenvalue weighted by Crippen LogP contribution is 2.33. The number of amides is 2. The zero-order valence-corrected chi connectivity index (χ0v) is 18.2. The second kappa shape index (κ2) is 9.05. The van der Waals surface area contributed by atoms with Gasteiger partial charge < -0.3 is 4.90 Å². The van der Waals surface area contributed by atoms with Gasteiger partial charge in [0.1, 0.15) is 5.69 Å². The number of aryl methyl sites for hydroxylation is 1. The number of thiophene rings is 1. The third-order valence-corrected chi connectivity index (χ3v) is 7.37. The highest BCUT2D eigenvalue weighted by molar-refractivity contribution is 7.14. The summed E-state index contributed by atoms with van der Waals surface area (Å²) in [5, 5.41) is 11.3. The summed E-state index contributed by atoms with van der Waals surface area (Å²) >= 11 is 1.51. The number of piperidine rings is 1. The summed E-state index contributed by atoms with van der Waals surface area (Å²) in [6, 6.07) is 8.60. The number of hydrogen-bond acceptors (Lipinski definition) is 6. The predicted molar refractivity (Wildman–Crippen MR) is 119 cm³/mol. The van der Waals surface area contributed by atoms with Gasteiger partial charge in [0.05, 0.1) is 9.80 Å². The number of carbonyl (C=O) groups excluding carboxylic acids is 2. The molecule has 1 atom stereocenters. The predicted octanol–water partition coefficient (Wildman–Crippen LogP) is 3.46. The Balaban J connectivity index is 1.29. The Bertz CT molecular complexity index is 997. The molecule has 1 aromatic heterocycles. The van der Waals surface area contributed by atoms with Crippen molar-refractivity contribution in [2.75, 3.05) is 18.0 Å². The van der Waals surface area contributed by atoms with Crippen LogP contribution in [0.4, 0.5) is 11.4 Å². The van der Waals surface area contributed by atoms with Crippen LogP contribution in [-0.4, -0.2) is 29.8 Å². The van der Waals surface area contributed by atoms with Crippen molar-refractivity contribution in [3.8, 4) is 0 Å². The van der Waals surface area contributed by atoms with Crippen LogP contribution in [0.3, 0.4) is 0 Å². The van der Waals surface area contributed by atoms with Gasteiger partial charge in [-0.15, -0.1) is 11.3 Å². The van der Waals surface area contributed by atoms with Crippen LogP contribution in [0.2, 0.25) is 0 Å². The van der Waals surface area contributed by atoms with E-state index in [0.717, 1.165) is 19.3 Å². The average molecular weight is 443 g/mol. The lowest BCUT2D eigenvalue weighted by atomic mass is 9.90. The second-order valence-corrected chi connectivity index (χ2v) is 9.49. The Morgan fingerprint density at radius 3 is 2.65 bits per heavy atom. The van der Waals surface area contributed by atoms with Gasteiger partial charge >= 0.3 is 0 Å². The van der Waals surface area contributed by atoms with Gasteiger partial charge in [-0.05, 0) is 55.7 Å². The van der Waals surface area contributed by atoms with E-state index in [4.69, 9.17) is 0 Å². The number of hydrogen-bond donors (Lipinski definition) is 2. The summed E-state index contributed by atoms with van der Waals surface area (Å²) in [6.07, 6.45) is 4.30. The van der Waals surface area contributed by atoms with Crippen LogP contribution >= 0.6 is 11.3 Å². The van der Waals surface area contributed by atoms with Crippen molar-refractivity contribution in [3.63, 3.8) is 0 Å². The van der Waals surface area contributed by atoms with Crippen molar-refractivity contribution in [3.05, 3.63) is 55.8 Å². The fourth-order valence-corrected chi connectivity index (χ4v) is 5.47. The quantitative estimate of drug-likeness (QED) is 0.557. The van der Waals surface area contributed by atoms with Crippen molar-refractivity contribution >= 4 is 34.5 Å². The maximum Gasteiger partial charge on any atom is 0.292 e. The van der Waals surface area contributed by atoms with Gasteiger partial charge in [-0.2, -0.15) is 0 Å². The summed E-state index contributed by atoms with van der Waals surface area (Å²) in [5.41, 5.74) is 7.02. The number of hydrazine groups is 1. The largest absolute Gasteiger partial charge is 0.366 e. The van der Waals surface area contributed by atoms with Gasteiger partial charge in [-0.3, -0.25) is 30.6 Å². The second-order valence-electron chi connectivity index (χ2n) is 8.36. The molecule has 2 aromatic rings. The normalized spacial score (nSPS) is 18.9. The van der Waals surface area contributed by atoms with E-state index in [0.29, 0.717) is 42.4 Å². The third kappa shape index (κ3) is 4.71. The number of fused-ring (bicyclic) bond motifs is 1. The van der Waals surface area contributed by atoms with Gasteiger partial charge in [0, 0.05) is 30.0 Å². The Morgan fingerprint density at radius 2 is 1.90 bits per heavy atom. The monoisotopic (exact) mass is 442 g/mol. The number of nitrogens with one attached hydrogen (secondary N) is 2. The summed E-state index contributed by atoms with van der Waals surface area (Å²) in [4.78, 5) is 39.7. The first-order chi connectivity index (χ1) is 14.9. The summed E-state index contributed by atoms with van der Waals surface area (Å²) in [7, 11) is 0. The van der Waals surface area contributed by atoms with Crippen LogP contribution in [0.1, 0.15) is 46.3 Å². The number of para-hydroxylation sites is 2. The molecule has 2 aliphatic rings. The lowest BCUT2D eigenvalue weighted by Crippen LogP contribution is -2.47. The number of nitro groups is 1. The molecule has 1 unspecified atom stereocenters. The smallest absolute Gasteiger partial charge is 0.292 e. The molecule has 1 aliphatic carbocycles.